The summed E-state index contributed by atoms with van der Waals surface area (Å²) >= 11 is 7.30. The minimum Gasteiger partial charge on any atom is -0.323 e. The van der Waals surface area contributed by atoms with E-state index in [0.29, 0.717) is 5.41 Å². The van der Waals surface area contributed by atoms with Gasteiger partial charge in [-0.15, -0.1) is 0 Å². The van der Waals surface area contributed by atoms with E-state index in [2.05, 4.69) is 57.8 Å². The molecule has 1 aliphatic rings. The number of nitrogens with two attached hydrogens (primary N) is 1. The Balaban J connectivity index is 2.39. The van der Waals surface area contributed by atoms with Crippen LogP contribution in [0, 0.1) is 12.3 Å². The third-order valence-corrected chi connectivity index (χ3v) is 6.12. The first-order chi connectivity index (χ1) is 8.50. The second-order valence-corrected chi connectivity index (χ2v) is 7.23. The van der Waals surface area contributed by atoms with E-state index in [9.17, 15) is 0 Å². The van der Waals surface area contributed by atoms with Crippen molar-refractivity contribution in [2.45, 2.75) is 52.0 Å². The van der Waals surface area contributed by atoms with Crippen molar-refractivity contribution < 1.29 is 0 Å². The fraction of sp³-hybridized carbons (Fsp3) is 0.600. The molecule has 0 aliphatic heterocycles. The van der Waals surface area contributed by atoms with Gasteiger partial charge >= 0.3 is 0 Å². The minimum absolute atomic E-state index is 0.135. The number of benzene rings is 1. The topological polar surface area (TPSA) is 26.0 Å². The SMILES string of the molecule is CCC1(C(N)c2cc(Br)c(C)cc2Br)CCCC1. The molecule has 0 aromatic heterocycles. The molecule has 0 heterocycles. The van der Waals surface area contributed by atoms with Gasteiger partial charge in [-0.2, -0.15) is 0 Å². The Morgan fingerprint density at radius 3 is 2.39 bits per heavy atom. The van der Waals surface area contributed by atoms with Crippen LogP contribution in [-0.2, 0) is 0 Å². The summed E-state index contributed by atoms with van der Waals surface area (Å²) in [5.41, 5.74) is 9.41. The van der Waals surface area contributed by atoms with E-state index in [-0.39, 0.29) is 6.04 Å². The van der Waals surface area contributed by atoms with Crippen molar-refractivity contribution in [1.82, 2.24) is 0 Å². The zero-order valence-electron chi connectivity index (χ0n) is 11.1. The number of halogens is 2. The number of aryl methyl sites for hydroxylation is 1. The van der Waals surface area contributed by atoms with Gasteiger partial charge < -0.3 is 5.73 Å². The van der Waals surface area contributed by atoms with Crippen LogP contribution >= 0.6 is 31.9 Å². The van der Waals surface area contributed by atoms with E-state index in [1.54, 1.807) is 0 Å². The maximum atomic E-state index is 6.61. The van der Waals surface area contributed by atoms with Crippen LogP contribution in [0.4, 0.5) is 0 Å². The lowest BCUT2D eigenvalue weighted by atomic mass is 9.74. The van der Waals surface area contributed by atoms with Crippen LogP contribution in [-0.4, -0.2) is 0 Å². The fourth-order valence-corrected chi connectivity index (χ4v) is 4.26. The minimum atomic E-state index is 0.135. The summed E-state index contributed by atoms with van der Waals surface area (Å²) in [5, 5.41) is 0. The molecule has 0 bridgehead atoms. The van der Waals surface area contributed by atoms with Gasteiger partial charge in [0.1, 0.15) is 0 Å². The quantitative estimate of drug-likeness (QED) is 0.743. The second-order valence-electron chi connectivity index (χ2n) is 5.52. The maximum Gasteiger partial charge on any atom is 0.0363 e. The van der Waals surface area contributed by atoms with Gasteiger partial charge in [-0.25, -0.2) is 0 Å². The Hall–Kier alpha value is 0.140. The standard InChI is InChI=1S/C15H21Br2N/c1-3-15(6-4-5-7-15)14(18)11-9-12(16)10(2)8-13(11)17/h8-9,14H,3-7,18H2,1-2H3. The third-order valence-electron chi connectivity index (χ3n) is 4.58. The highest BCUT2D eigenvalue weighted by atomic mass is 79.9. The Morgan fingerprint density at radius 2 is 1.83 bits per heavy atom. The molecular weight excluding hydrogens is 354 g/mol. The van der Waals surface area contributed by atoms with E-state index >= 15 is 0 Å². The fourth-order valence-electron chi connectivity index (χ4n) is 3.19. The average Bonchev–Trinajstić information content (AvgIpc) is 2.83. The second kappa shape index (κ2) is 5.64. The molecule has 100 valence electrons. The molecular formula is C15H21Br2N. The molecule has 2 N–H and O–H groups in total. The zero-order valence-corrected chi connectivity index (χ0v) is 14.3. The largest absolute Gasteiger partial charge is 0.323 e. The summed E-state index contributed by atoms with van der Waals surface area (Å²) < 4.78 is 2.30. The first kappa shape index (κ1) is 14.5. The Morgan fingerprint density at radius 1 is 1.22 bits per heavy atom. The Labute approximate surface area is 127 Å². The van der Waals surface area contributed by atoms with Crippen LogP contribution < -0.4 is 5.73 Å². The van der Waals surface area contributed by atoms with Crippen molar-refractivity contribution in [1.29, 1.82) is 0 Å². The summed E-state index contributed by atoms with van der Waals surface area (Å²) in [6.07, 6.45) is 6.36. The molecule has 1 atom stereocenters. The van der Waals surface area contributed by atoms with Gasteiger partial charge in [0.15, 0.2) is 0 Å². The van der Waals surface area contributed by atoms with Crippen LogP contribution in [0.2, 0.25) is 0 Å². The van der Waals surface area contributed by atoms with Crippen LogP contribution in [0.15, 0.2) is 21.1 Å². The Kier molecular flexibility index (Phi) is 4.56. The van der Waals surface area contributed by atoms with E-state index < -0.39 is 0 Å². The van der Waals surface area contributed by atoms with Gasteiger partial charge in [-0.1, -0.05) is 51.6 Å². The van der Waals surface area contributed by atoms with Gasteiger partial charge in [0.25, 0.3) is 0 Å². The highest BCUT2D eigenvalue weighted by Crippen LogP contribution is 2.50. The molecule has 0 amide bonds. The summed E-state index contributed by atoms with van der Waals surface area (Å²) in [7, 11) is 0. The Bertz CT molecular complexity index is 436. The predicted molar refractivity (Wildman–Crippen MR) is 84.7 cm³/mol. The molecule has 1 nitrogen and oxygen atoms in total. The molecule has 0 spiro atoms. The summed E-state index contributed by atoms with van der Waals surface area (Å²) in [6, 6.07) is 4.49. The van der Waals surface area contributed by atoms with Crippen molar-refractivity contribution in [3.8, 4) is 0 Å². The van der Waals surface area contributed by atoms with E-state index in [1.807, 2.05) is 0 Å². The summed E-state index contributed by atoms with van der Waals surface area (Å²) in [4.78, 5) is 0. The lowest BCUT2D eigenvalue weighted by molar-refractivity contribution is 0.221. The van der Waals surface area contributed by atoms with Crippen molar-refractivity contribution >= 4 is 31.9 Å². The van der Waals surface area contributed by atoms with Crippen molar-refractivity contribution in [2.24, 2.45) is 11.1 Å². The van der Waals surface area contributed by atoms with Gasteiger partial charge in [-0.05, 0) is 54.9 Å². The molecule has 18 heavy (non-hydrogen) atoms. The highest BCUT2D eigenvalue weighted by molar-refractivity contribution is 9.11. The molecule has 3 heteroatoms. The van der Waals surface area contributed by atoms with Gasteiger partial charge in [0.2, 0.25) is 0 Å². The normalized spacial score (nSPS) is 20.1. The van der Waals surface area contributed by atoms with Crippen LogP contribution in [0.5, 0.6) is 0 Å². The molecule has 1 aromatic rings. The monoisotopic (exact) mass is 373 g/mol. The first-order valence-electron chi connectivity index (χ1n) is 6.71. The summed E-state index contributed by atoms with van der Waals surface area (Å²) in [5.74, 6) is 0. The van der Waals surface area contributed by atoms with Crippen molar-refractivity contribution in [3.63, 3.8) is 0 Å². The zero-order chi connectivity index (χ0) is 13.3. The third kappa shape index (κ3) is 2.54. The molecule has 0 saturated heterocycles. The molecule has 1 aliphatic carbocycles. The molecule has 0 radical (unpaired) electrons. The highest BCUT2D eigenvalue weighted by Gasteiger charge is 2.39. The van der Waals surface area contributed by atoms with Crippen molar-refractivity contribution in [2.75, 3.05) is 0 Å². The molecule has 2 rings (SSSR count). The lowest BCUT2D eigenvalue weighted by Gasteiger charge is -2.35. The predicted octanol–water partition coefficient (Wildman–Crippen LogP) is 5.49. The smallest absolute Gasteiger partial charge is 0.0363 e. The van der Waals surface area contributed by atoms with Crippen LogP contribution in [0.3, 0.4) is 0 Å². The van der Waals surface area contributed by atoms with Crippen LogP contribution in [0.1, 0.15) is 56.2 Å². The van der Waals surface area contributed by atoms with E-state index in [1.165, 1.54) is 43.2 Å². The lowest BCUT2D eigenvalue weighted by Crippen LogP contribution is -2.32. The first-order valence-corrected chi connectivity index (χ1v) is 8.30. The van der Waals surface area contributed by atoms with E-state index in [4.69, 9.17) is 5.73 Å². The number of hydrogen-bond acceptors (Lipinski definition) is 1. The molecule has 1 saturated carbocycles. The van der Waals surface area contributed by atoms with Gasteiger partial charge in [0.05, 0.1) is 0 Å². The van der Waals surface area contributed by atoms with Gasteiger partial charge in [-0.3, -0.25) is 0 Å². The molecule has 1 unspecified atom stereocenters. The average molecular weight is 375 g/mol. The summed E-state index contributed by atoms with van der Waals surface area (Å²) in [6.45, 7) is 4.39. The van der Waals surface area contributed by atoms with E-state index in [0.717, 1.165) is 8.95 Å². The number of rotatable bonds is 3. The maximum absolute atomic E-state index is 6.61. The van der Waals surface area contributed by atoms with Gasteiger partial charge in [0, 0.05) is 15.0 Å². The molecule has 1 aromatic carbocycles. The van der Waals surface area contributed by atoms with Crippen molar-refractivity contribution in [3.05, 3.63) is 32.2 Å². The number of hydrogen-bond donors (Lipinski definition) is 1. The molecule has 1 fully saturated rings. The van der Waals surface area contributed by atoms with Crippen LogP contribution in [0.25, 0.3) is 0 Å².